The number of esters is 1. The fraction of sp³-hybridized carbons (Fsp3) is 0.370. The first-order chi connectivity index (χ1) is 18.4. The minimum Gasteiger partial charge on any atom is -0.493 e. The second-order valence-electron chi connectivity index (χ2n) is 9.03. The van der Waals surface area contributed by atoms with Gasteiger partial charge in [0.15, 0.2) is 23.0 Å². The first-order valence-electron chi connectivity index (χ1n) is 11.9. The fourth-order valence-electron chi connectivity index (χ4n) is 5.13. The molecule has 0 spiro atoms. The van der Waals surface area contributed by atoms with E-state index in [0.717, 1.165) is 0 Å². The predicted octanol–water partition coefficient (Wildman–Crippen LogP) is 2.40. The maximum Gasteiger partial charge on any atom is 0.339 e. The third-order valence-corrected chi connectivity index (χ3v) is 7.01. The molecule has 11 nitrogen and oxygen atoms in total. The Balaban J connectivity index is 1.60. The van der Waals surface area contributed by atoms with Gasteiger partial charge in [-0.25, -0.2) is 4.79 Å². The quantitative estimate of drug-likeness (QED) is 0.459. The highest BCUT2D eigenvalue weighted by molar-refractivity contribution is 6.14. The number of fused-ring (bicyclic) bond motifs is 3. The van der Waals surface area contributed by atoms with Crippen molar-refractivity contribution in [2.45, 2.75) is 31.2 Å². The Morgan fingerprint density at radius 3 is 2.37 bits per heavy atom. The maximum atomic E-state index is 13.2. The Morgan fingerprint density at radius 1 is 0.895 bits per heavy atom. The van der Waals surface area contributed by atoms with Gasteiger partial charge in [-0.1, -0.05) is 6.07 Å². The number of rotatable bonds is 6. The normalized spacial score (nSPS) is 23.8. The number of cyclic esters (lactones) is 1. The van der Waals surface area contributed by atoms with Gasteiger partial charge in [-0.15, -0.1) is 0 Å². The highest BCUT2D eigenvalue weighted by Crippen LogP contribution is 2.49. The van der Waals surface area contributed by atoms with Gasteiger partial charge in [0.1, 0.15) is 30.7 Å². The van der Waals surface area contributed by atoms with E-state index in [1.165, 1.54) is 21.3 Å². The Morgan fingerprint density at radius 2 is 1.63 bits per heavy atom. The van der Waals surface area contributed by atoms with Crippen molar-refractivity contribution < 1.29 is 52.9 Å². The first-order valence-corrected chi connectivity index (χ1v) is 11.9. The zero-order valence-corrected chi connectivity index (χ0v) is 20.9. The van der Waals surface area contributed by atoms with E-state index < -0.39 is 30.6 Å². The number of hydrogen-bond donors (Lipinski definition) is 2. The van der Waals surface area contributed by atoms with Gasteiger partial charge >= 0.3 is 5.97 Å². The molecular weight excluding hydrogens is 500 g/mol. The van der Waals surface area contributed by atoms with Crippen LogP contribution in [0, 0.1) is 0 Å². The van der Waals surface area contributed by atoms with Crippen LogP contribution in [0.2, 0.25) is 0 Å². The van der Waals surface area contributed by atoms with Gasteiger partial charge in [0.05, 0.1) is 26.4 Å². The molecule has 6 rings (SSSR count). The number of carbonyl (C=O) groups is 1. The molecule has 38 heavy (non-hydrogen) atoms. The SMILES string of the molecule is COc1cc2c(O[C@H]3OC[C@@H](O)[C@H](O)[C@@H]3OC)c3c(c(-c4ccc5c(c4)OCO5)c2cc1OC)C(=O)OC3. The van der Waals surface area contributed by atoms with Crippen LogP contribution in [-0.2, 0) is 20.8 Å². The Hall–Kier alpha value is -3.77. The highest BCUT2D eigenvalue weighted by atomic mass is 16.7. The molecule has 0 radical (unpaired) electrons. The molecule has 1 fully saturated rings. The Labute approximate surface area is 217 Å². The summed E-state index contributed by atoms with van der Waals surface area (Å²) >= 11 is 0. The van der Waals surface area contributed by atoms with E-state index in [1.807, 2.05) is 12.1 Å². The average molecular weight is 526 g/mol. The molecule has 0 bridgehead atoms. The van der Waals surface area contributed by atoms with Crippen LogP contribution in [0.25, 0.3) is 21.9 Å². The van der Waals surface area contributed by atoms with Crippen molar-refractivity contribution in [1.29, 1.82) is 0 Å². The van der Waals surface area contributed by atoms with Crippen LogP contribution in [-0.4, -0.2) is 75.5 Å². The van der Waals surface area contributed by atoms with E-state index in [4.69, 9.17) is 37.9 Å². The van der Waals surface area contributed by atoms with E-state index in [1.54, 1.807) is 18.2 Å². The van der Waals surface area contributed by atoms with Gasteiger partial charge in [-0.3, -0.25) is 0 Å². The van der Waals surface area contributed by atoms with Gasteiger partial charge in [-0.2, -0.15) is 0 Å². The van der Waals surface area contributed by atoms with E-state index in [-0.39, 0.29) is 20.0 Å². The van der Waals surface area contributed by atoms with E-state index >= 15 is 0 Å². The second-order valence-corrected chi connectivity index (χ2v) is 9.03. The Bertz CT molecular complexity index is 1420. The van der Waals surface area contributed by atoms with Crippen molar-refractivity contribution in [2.75, 3.05) is 34.7 Å². The zero-order chi connectivity index (χ0) is 26.6. The van der Waals surface area contributed by atoms with E-state index in [0.29, 0.717) is 61.8 Å². The summed E-state index contributed by atoms with van der Waals surface area (Å²) in [5.41, 5.74) is 2.13. The molecule has 3 aromatic rings. The third kappa shape index (κ3) is 3.78. The van der Waals surface area contributed by atoms with Crippen LogP contribution in [0.1, 0.15) is 15.9 Å². The molecule has 3 aliphatic heterocycles. The van der Waals surface area contributed by atoms with Gasteiger partial charge in [0.2, 0.25) is 13.1 Å². The summed E-state index contributed by atoms with van der Waals surface area (Å²) in [5.74, 6) is 1.84. The van der Waals surface area contributed by atoms with Crippen LogP contribution >= 0.6 is 0 Å². The number of methoxy groups -OCH3 is 3. The maximum absolute atomic E-state index is 13.2. The van der Waals surface area contributed by atoms with Crippen LogP contribution in [0.4, 0.5) is 0 Å². The summed E-state index contributed by atoms with van der Waals surface area (Å²) in [6, 6.07) is 8.95. The molecule has 3 heterocycles. The number of aliphatic hydroxyl groups is 2. The monoisotopic (exact) mass is 526 g/mol. The van der Waals surface area contributed by atoms with Crippen LogP contribution in [0.15, 0.2) is 30.3 Å². The van der Waals surface area contributed by atoms with Crippen molar-refractivity contribution in [2.24, 2.45) is 0 Å². The summed E-state index contributed by atoms with van der Waals surface area (Å²) in [4.78, 5) is 13.2. The summed E-state index contributed by atoms with van der Waals surface area (Å²) in [6.45, 7) is -0.0887. The molecule has 4 atom stereocenters. The van der Waals surface area contributed by atoms with E-state index in [9.17, 15) is 15.0 Å². The summed E-state index contributed by atoms with van der Waals surface area (Å²) in [7, 11) is 4.43. The lowest BCUT2D eigenvalue weighted by Crippen LogP contribution is -2.55. The predicted molar refractivity (Wildman–Crippen MR) is 131 cm³/mol. The molecule has 0 aliphatic carbocycles. The number of hydrogen-bond acceptors (Lipinski definition) is 11. The number of aliphatic hydroxyl groups excluding tert-OH is 2. The van der Waals surface area contributed by atoms with Crippen molar-refractivity contribution >= 4 is 16.7 Å². The smallest absolute Gasteiger partial charge is 0.339 e. The Kier molecular flexibility index (Phi) is 6.15. The molecule has 2 N–H and O–H groups in total. The highest BCUT2D eigenvalue weighted by Gasteiger charge is 2.42. The van der Waals surface area contributed by atoms with Crippen LogP contribution < -0.4 is 23.7 Å². The zero-order valence-electron chi connectivity index (χ0n) is 20.9. The molecule has 0 unspecified atom stereocenters. The molecular formula is C27H26O11. The summed E-state index contributed by atoms with van der Waals surface area (Å²) < 4.78 is 45.1. The largest absolute Gasteiger partial charge is 0.493 e. The lowest BCUT2D eigenvalue weighted by Gasteiger charge is -2.37. The van der Waals surface area contributed by atoms with Gasteiger partial charge < -0.3 is 48.1 Å². The minimum absolute atomic E-state index is 0.0408. The molecule has 11 heteroatoms. The van der Waals surface area contributed by atoms with E-state index in [2.05, 4.69) is 0 Å². The van der Waals surface area contributed by atoms with Crippen LogP contribution in [0.5, 0.6) is 28.7 Å². The minimum atomic E-state index is -1.24. The molecule has 3 aromatic carbocycles. The van der Waals surface area contributed by atoms with Crippen molar-refractivity contribution in [3.05, 3.63) is 41.5 Å². The summed E-state index contributed by atoms with van der Waals surface area (Å²) in [6.07, 6.45) is -4.44. The third-order valence-electron chi connectivity index (χ3n) is 7.01. The van der Waals surface area contributed by atoms with Crippen molar-refractivity contribution in [3.63, 3.8) is 0 Å². The molecule has 1 saturated heterocycles. The lowest BCUT2D eigenvalue weighted by atomic mass is 9.89. The number of ether oxygens (including phenoxy) is 8. The van der Waals surface area contributed by atoms with Gasteiger partial charge in [-0.05, 0) is 35.2 Å². The molecule has 0 aromatic heterocycles. The molecule has 3 aliphatic rings. The second kappa shape index (κ2) is 9.52. The number of benzene rings is 3. The first kappa shape index (κ1) is 24.6. The van der Waals surface area contributed by atoms with Crippen LogP contribution in [0.3, 0.4) is 0 Å². The molecule has 200 valence electrons. The van der Waals surface area contributed by atoms with Crippen molar-refractivity contribution in [3.8, 4) is 39.9 Å². The molecule has 0 amide bonds. The topological polar surface area (TPSA) is 131 Å². The van der Waals surface area contributed by atoms with Gasteiger partial charge in [0.25, 0.3) is 0 Å². The lowest BCUT2D eigenvalue weighted by molar-refractivity contribution is -0.249. The average Bonchev–Trinajstić information content (AvgIpc) is 3.56. The summed E-state index contributed by atoms with van der Waals surface area (Å²) in [5, 5.41) is 21.8. The number of carbonyl (C=O) groups excluding carboxylic acids is 1. The van der Waals surface area contributed by atoms with Gasteiger partial charge in [0, 0.05) is 23.6 Å². The molecule has 0 saturated carbocycles. The standard InChI is InChI=1S/C27H26O11/c1-31-18-7-13-14(8-19(18)32-2)24(38-27-25(33-3)23(29)16(28)10-35-27)15-9-34-26(30)22(15)21(13)12-4-5-17-20(6-12)37-11-36-17/h4-8,16,23,25,27-29H,9-11H2,1-3H3/t16-,23+,25+,27-/m1/s1. The van der Waals surface area contributed by atoms with Crippen molar-refractivity contribution in [1.82, 2.24) is 0 Å². The fourth-order valence-corrected chi connectivity index (χ4v) is 5.13.